The SMILES string of the molecule is CN(C)C=NC(=N)c1coc(Cn2ccc3c[n+](CC4=C(C(=O)O)N5C(=O)[C@@H](CC(=O)/C(=N\OC(C)(C)C(=O)O)c6csc(N)n6)[C@H]5SC4)ccc32)n1. The second kappa shape index (κ2) is 14.6. The highest BCUT2D eigenvalue weighted by Gasteiger charge is 2.54. The van der Waals surface area contributed by atoms with E-state index in [1.165, 1.54) is 48.5 Å². The van der Waals surface area contributed by atoms with Gasteiger partial charge in [0.1, 0.15) is 23.3 Å². The number of thioether (sulfide) groups is 1. The summed E-state index contributed by atoms with van der Waals surface area (Å²) in [4.78, 5) is 71.7. The number of aliphatic imine (C=N–C) groups is 1. The molecule has 6 heterocycles. The first-order valence-corrected chi connectivity index (χ1v) is 17.9. The number of amidine groups is 1. The van der Waals surface area contributed by atoms with Gasteiger partial charge in [-0.2, -0.15) is 0 Å². The highest BCUT2D eigenvalue weighted by atomic mass is 32.2. The largest absolute Gasteiger partial charge is 0.478 e. The van der Waals surface area contributed by atoms with Crippen LogP contribution in [0.5, 0.6) is 0 Å². The summed E-state index contributed by atoms with van der Waals surface area (Å²) in [6.07, 6.45) is 8.13. The van der Waals surface area contributed by atoms with Crippen molar-refractivity contribution in [3.8, 4) is 0 Å². The Hall–Kier alpha value is -5.89. The molecule has 1 amide bonds. The minimum Gasteiger partial charge on any atom is -0.478 e. The summed E-state index contributed by atoms with van der Waals surface area (Å²) >= 11 is 2.40. The van der Waals surface area contributed by atoms with Gasteiger partial charge in [-0.3, -0.25) is 19.9 Å². The molecule has 0 bridgehead atoms. The Morgan fingerprint density at radius 3 is 2.70 bits per heavy atom. The molecule has 0 saturated carbocycles. The number of carboxylic acid groups (broad SMARTS) is 2. The highest BCUT2D eigenvalue weighted by Crippen LogP contribution is 2.45. The number of amides is 1. The first-order chi connectivity index (χ1) is 25.1. The Balaban J connectivity index is 1.16. The first-order valence-electron chi connectivity index (χ1n) is 16.0. The van der Waals surface area contributed by atoms with Crippen molar-refractivity contribution in [2.24, 2.45) is 16.1 Å². The van der Waals surface area contributed by atoms with Crippen molar-refractivity contribution >= 4 is 80.6 Å². The zero-order valence-corrected chi connectivity index (χ0v) is 30.6. The summed E-state index contributed by atoms with van der Waals surface area (Å²) in [5.41, 5.74) is 5.37. The normalized spacial score (nSPS) is 17.6. The van der Waals surface area contributed by atoms with Crippen LogP contribution in [0, 0.1) is 11.3 Å². The van der Waals surface area contributed by atoms with Gasteiger partial charge in [0, 0.05) is 49.5 Å². The van der Waals surface area contributed by atoms with Gasteiger partial charge in [-0.15, -0.1) is 23.1 Å². The molecule has 5 N–H and O–H groups in total. The standard InChI is InChI=1S/C33H34N10O8S2/c1-33(2,31(48)49)51-39-25(21-15-53-32(35)38-21)23(44)9-19-28(45)43-26(30(46)47)18(14-52-29(19)43)11-41-7-6-22-17(10-41)5-8-42(22)12-24-37-20(13-50-24)27(34)36-16-40(3)4/h5-8,10,13,15-16,19,29,34H,9,11-12,14H2,1-4H3,(H3-,35,38,46,47,48,49)/p+1/b34-27?,36-16?,39-25-/t19-,29-/m1/s1. The monoisotopic (exact) mass is 763 g/mol. The van der Waals surface area contributed by atoms with E-state index in [0.717, 1.165) is 22.2 Å². The van der Waals surface area contributed by atoms with Gasteiger partial charge in [0.25, 0.3) is 0 Å². The number of oxime groups is 1. The lowest BCUT2D eigenvalue weighted by molar-refractivity contribution is -0.687. The average molecular weight is 764 g/mol. The molecule has 53 heavy (non-hydrogen) atoms. The van der Waals surface area contributed by atoms with E-state index in [9.17, 15) is 29.4 Å². The number of pyridine rings is 1. The van der Waals surface area contributed by atoms with Gasteiger partial charge in [-0.05, 0) is 19.9 Å². The van der Waals surface area contributed by atoms with Crippen LogP contribution in [0.25, 0.3) is 10.9 Å². The molecule has 1 fully saturated rings. The van der Waals surface area contributed by atoms with E-state index >= 15 is 0 Å². The highest BCUT2D eigenvalue weighted by molar-refractivity contribution is 8.00. The molecule has 4 aromatic heterocycles. The minimum absolute atomic E-state index is 0.0243. The number of Topliss-reactive ketones (excluding diaryl/α,β-unsaturated/α-hetero) is 1. The van der Waals surface area contributed by atoms with Crippen LogP contribution >= 0.6 is 23.1 Å². The smallest absolute Gasteiger partial charge is 0.352 e. The Kier molecular flexibility index (Phi) is 10.2. The van der Waals surface area contributed by atoms with Crippen molar-refractivity contribution in [1.82, 2.24) is 24.3 Å². The number of β-lactam (4-membered cyclic amide) rings is 1. The number of thiazole rings is 1. The molecular formula is C33H35N10O8S2+. The van der Waals surface area contributed by atoms with Crippen molar-refractivity contribution in [3.63, 3.8) is 0 Å². The molecule has 0 unspecified atom stereocenters. The van der Waals surface area contributed by atoms with Gasteiger partial charge in [-0.1, -0.05) is 5.16 Å². The third-order valence-electron chi connectivity index (χ3n) is 8.33. The van der Waals surface area contributed by atoms with E-state index < -0.39 is 40.5 Å². The van der Waals surface area contributed by atoms with Crippen molar-refractivity contribution in [2.75, 3.05) is 25.6 Å². The number of aliphatic carboxylic acids is 2. The number of anilines is 1. The van der Waals surface area contributed by atoms with Gasteiger partial charge < -0.3 is 34.7 Å². The topological polar surface area (TPSA) is 247 Å². The molecule has 0 spiro atoms. The Bertz CT molecular complexity index is 2230. The number of fused-ring (bicyclic) bond motifs is 2. The number of aromatic nitrogens is 4. The van der Waals surface area contributed by atoms with E-state index in [0.29, 0.717) is 29.5 Å². The lowest BCUT2D eigenvalue weighted by Gasteiger charge is -2.49. The van der Waals surface area contributed by atoms with Crippen LogP contribution in [0.4, 0.5) is 5.13 Å². The molecule has 20 heteroatoms. The molecular weight excluding hydrogens is 729 g/mol. The maximum atomic E-state index is 13.5. The number of carboxylic acids is 2. The molecule has 0 aromatic carbocycles. The molecule has 0 radical (unpaired) electrons. The van der Waals surface area contributed by atoms with Crippen LogP contribution < -0.4 is 10.3 Å². The predicted molar refractivity (Wildman–Crippen MR) is 193 cm³/mol. The number of rotatable bonds is 14. The number of ketones is 1. The van der Waals surface area contributed by atoms with Crippen LogP contribution in [-0.2, 0) is 37.1 Å². The van der Waals surface area contributed by atoms with Crippen molar-refractivity contribution in [1.29, 1.82) is 5.41 Å². The van der Waals surface area contributed by atoms with Crippen LogP contribution in [0.1, 0.15) is 37.5 Å². The average Bonchev–Trinajstić information content (AvgIpc) is 3.86. The van der Waals surface area contributed by atoms with Crippen LogP contribution in [0.2, 0.25) is 0 Å². The van der Waals surface area contributed by atoms with Crippen LogP contribution in [0.3, 0.4) is 0 Å². The predicted octanol–water partition coefficient (Wildman–Crippen LogP) is 2.03. The Labute approximate surface area is 309 Å². The second-order valence-electron chi connectivity index (χ2n) is 12.9. The van der Waals surface area contributed by atoms with Gasteiger partial charge in [0.2, 0.25) is 17.4 Å². The van der Waals surface area contributed by atoms with E-state index in [1.54, 1.807) is 19.0 Å². The van der Waals surface area contributed by atoms with Gasteiger partial charge in [0.15, 0.2) is 41.4 Å². The van der Waals surface area contributed by atoms with Gasteiger partial charge >= 0.3 is 11.9 Å². The summed E-state index contributed by atoms with van der Waals surface area (Å²) in [6, 6.07) is 3.79. The molecule has 18 nitrogen and oxygen atoms in total. The minimum atomic E-state index is -1.75. The number of carbonyl (C=O) groups is 4. The van der Waals surface area contributed by atoms with E-state index in [4.69, 9.17) is 20.4 Å². The number of hydrogen-bond acceptors (Lipinski definition) is 13. The fraction of sp³-hybridized carbons (Fsp3) is 0.333. The number of carbonyl (C=O) groups excluding carboxylic acids is 2. The Morgan fingerprint density at radius 1 is 1.25 bits per heavy atom. The summed E-state index contributed by atoms with van der Waals surface area (Å²) in [6.45, 7) is 3.04. The summed E-state index contributed by atoms with van der Waals surface area (Å²) < 4.78 is 9.35. The lowest BCUT2D eigenvalue weighted by Crippen LogP contribution is -2.62. The third kappa shape index (κ3) is 7.68. The lowest BCUT2D eigenvalue weighted by atomic mass is 9.89. The van der Waals surface area contributed by atoms with Crippen molar-refractivity contribution in [3.05, 3.63) is 70.9 Å². The molecule has 4 aromatic rings. The molecule has 6 rings (SSSR count). The summed E-state index contributed by atoms with van der Waals surface area (Å²) in [5.74, 6) is -3.90. The fourth-order valence-corrected chi connectivity index (χ4v) is 7.55. The molecule has 2 aliphatic heterocycles. The summed E-state index contributed by atoms with van der Waals surface area (Å²) in [7, 11) is 3.60. The van der Waals surface area contributed by atoms with Gasteiger partial charge in [0.05, 0.1) is 35.1 Å². The van der Waals surface area contributed by atoms with Crippen LogP contribution in [0.15, 0.2) is 68.2 Å². The number of nitrogens with one attached hydrogen (secondary N) is 1. The van der Waals surface area contributed by atoms with E-state index in [1.807, 2.05) is 39.9 Å². The fourth-order valence-electron chi connectivity index (χ4n) is 5.60. The van der Waals surface area contributed by atoms with E-state index in [-0.39, 0.29) is 41.0 Å². The van der Waals surface area contributed by atoms with E-state index in [2.05, 4.69) is 20.1 Å². The quantitative estimate of drug-likeness (QED) is 0.0473. The molecule has 2 aliphatic rings. The summed E-state index contributed by atoms with van der Waals surface area (Å²) in [5, 5.41) is 33.4. The maximum absolute atomic E-state index is 13.5. The Morgan fingerprint density at radius 2 is 2.02 bits per heavy atom. The first kappa shape index (κ1) is 36.9. The molecule has 0 aliphatic carbocycles. The van der Waals surface area contributed by atoms with Crippen molar-refractivity contribution in [2.45, 2.75) is 44.3 Å². The van der Waals surface area contributed by atoms with Crippen molar-refractivity contribution < 1.29 is 43.2 Å². The maximum Gasteiger partial charge on any atom is 0.352 e. The zero-order valence-electron chi connectivity index (χ0n) is 28.9. The van der Waals surface area contributed by atoms with Crippen LogP contribution in [-0.4, -0.2) is 107 Å². The number of hydrogen-bond donors (Lipinski definition) is 4. The second-order valence-corrected chi connectivity index (χ2v) is 14.9. The third-order valence-corrected chi connectivity index (χ3v) is 10.4. The number of nitrogens with zero attached hydrogens (tertiary/aromatic N) is 8. The number of nitrogens with two attached hydrogens (primary N) is 1. The zero-order chi connectivity index (χ0) is 38.2. The number of nitrogen functional groups attached to an aromatic ring is 1. The van der Waals surface area contributed by atoms with Gasteiger partial charge in [-0.25, -0.2) is 29.1 Å². The molecule has 276 valence electrons. The molecule has 1 saturated heterocycles. The molecule has 2 atom stereocenters. The number of oxazole rings is 1.